The van der Waals surface area contributed by atoms with Crippen LogP contribution >= 0.6 is 0 Å². The lowest BCUT2D eigenvalue weighted by Gasteiger charge is -2.10. The van der Waals surface area contributed by atoms with Gasteiger partial charge in [0.05, 0.1) is 7.11 Å². The maximum Gasteiger partial charge on any atom is 0.127 e. The summed E-state index contributed by atoms with van der Waals surface area (Å²) >= 11 is 0. The van der Waals surface area contributed by atoms with Crippen LogP contribution < -0.4 is 4.74 Å². The summed E-state index contributed by atoms with van der Waals surface area (Å²) in [6, 6.07) is 11.1. The number of hydrogen-bond donors (Lipinski definition) is 0. The van der Waals surface area contributed by atoms with E-state index in [0.29, 0.717) is 6.42 Å². The van der Waals surface area contributed by atoms with Gasteiger partial charge in [-0.15, -0.1) is 0 Å². The molecule has 2 heteroatoms. The Morgan fingerprint density at radius 1 is 1.00 bits per heavy atom. The molecule has 0 heterocycles. The zero-order chi connectivity index (χ0) is 13.1. The number of hydrogen-bond acceptors (Lipinski definition) is 1. The first-order chi connectivity index (χ1) is 8.61. The van der Waals surface area contributed by atoms with Crippen LogP contribution in [0.2, 0.25) is 0 Å². The standard InChI is InChI=1S/C16H17FO/c1-11-4-9-16(17)15(12(11)2)10-13-5-7-14(18-3)8-6-13/h4-9H,10H2,1-3H3. The highest BCUT2D eigenvalue weighted by molar-refractivity contribution is 5.39. The molecular formula is C16H17FO. The largest absolute Gasteiger partial charge is 0.497 e. The molecule has 0 aliphatic rings. The van der Waals surface area contributed by atoms with Crippen molar-refractivity contribution in [2.45, 2.75) is 20.3 Å². The molecule has 0 unspecified atom stereocenters. The third-order valence-electron chi connectivity index (χ3n) is 3.35. The zero-order valence-corrected chi connectivity index (χ0v) is 11.0. The van der Waals surface area contributed by atoms with Crippen LogP contribution in [0, 0.1) is 19.7 Å². The number of halogens is 1. The Labute approximate surface area is 107 Å². The van der Waals surface area contributed by atoms with Gasteiger partial charge in [0.2, 0.25) is 0 Å². The van der Waals surface area contributed by atoms with Gasteiger partial charge in [-0.05, 0) is 54.3 Å². The van der Waals surface area contributed by atoms with Crippen molar-refractivity contribution in [3.8, 4) is 5.75 Å². The van der Waals surface area contributed by atoms with Crippen molar-refractivity contribution in [3.63, 3.8) is 0 Å². The summed E-state index contributed by atoms with van der Waals surface area (Å²) in [6.45, 7) is 3.98. The second kappa shape index (κ2) is 5.21. The summed E-state index contributed by atoms with van der Waals surface area (Å²) in [5.74, 6) is 0.689. The first kappa shape index (κ1) is 12.6. The Morgan fingerprint density at radius 2 is 1.67 bits per heavy atom. The summed E-state index contributed by atoms with van der Waals surface area (Å²) in [7, 11) is 1.64. The molecule has 18 heavy (non-hydrogen) atoms. The molecule has 0 aliphatic carbocycles. The first-order valence-corrected chi connectivity index (χ1v) is 5.99. The van der Waals surface area contributed by atoms with Crippen LogP contribution in [-0.2, 0) is 6.42 Å². The molecule has 0 saturated heterocycles. The van der Waals surface area contributed by atoms with Crippen molar-refractivity contribution in [2.24, 2.45) is 0 Å². The summed E-state index contributed by atoms with van der Waals surface area (Å²) < 4.78 is 18.9. The third-order valence-corrected chi connectivity index (χ3v) is 3.35. The van der Waals surface area contributed by atoms with E-state index in [-0.39, 0.29) is 5.82 Å². The Kier molecular flexibility index (Phi) is 3.66. The van der Waals surface area contributed by atoms with Gasteiger partial charge < -0.3 is 4.74 Å². The van der Waals surface area contributed by atoms with E-state index < -0.39 is 0 Å². The van der Waals surface area contributed by atoms with E-state index in [0.717, 1.165) is 28.0 Å². The molecule has 2 rings (SSSR count). The van der Waals surface area contributed by atoms with E-state index in [2.05, 4.69) is 0 Å². The van der Waals surface area contributed by atoms with Gasteiger partial charge in [-0.1, -0.05) is 18.2 Å². The van der Waals surface area contributed by atoms with Gasteiger partial charge >= 0.3 is 0 Å². The molecule has 94 valence electrons. The Balaban J connectivity index is 2.30. The molecule has 0 aromatic heterocycles. The van der Waals surface area contributed by atoms with Crippen LogP contribution in [-0.4, -0.2) is 7.11 Å². The Hall–Kier alpha value is -1.83. The lowest BCUT2D eigenvalue weighted by atomic mass is 9.97. The molecule has 0 fully saturated rings. The number of aryl methyl sites for hydroxylation is 1. The highest BCUT2D eigenvalue weighted by atomic mass is 19.1. The number of methoxy groups -OCH3 is 1. The van der Waals surface area contributed by atoms with Crippen molar-refractivity contribution in [1.82, 2.24) is 0 Å². The monoisotopic (exact) mass is 244 g/mol. The SMILES string of the molecule is COc1ccc(Cc2c(F)ccc(C)c2C)cc1. The van der Waals surface area contributed by atoms with Crippen molar-refractivity contribution < 1.29 is 9.13 Å². The predicted molar refractivity (Wildman–Crippen MR) is 71.7 cm³/mol. The predicted octanol–water partition coefficient (Wildman–Crippen LogP) is 4.04. The molecule has 0 spiro atoms. The minimum atomic E-state index is -0.131. The summed E-state index contributed by atoms with van der Waals surface area (Å²) in [5.41, 5.74) is 4.02. The van der Waals surface area contributed by atoms with E-state index >= 15 is 0 Å². The van der Waals surface area contributed by atoms with Gasteiger partial charge in [0.1, 0.15) is 11.6 Å². The number of benzene rings is 2. The van der Waals surface area contributed by atoms with Gasteiger partial charge in [-0.3, -0.25) is 0 Å². The van der Waals surface area contributed by atoms with E-state index in [4.69, 9.17) is 4.74 Å². The van der Waals surface area contributed by atoms with E-state index in [1.807, 2.05) is 44.2 Å². The quantitative estimate of drug-likeness (QED) is 0.791. The van der Waals surface area contributed by atoms with Crippen LogP contribution in [0.15, 0.2) is 36.4 Å². The Bertz CT molecular complexity index is 544. The van der Waals surface area contributed by atoms with E-state index in [1.54, 1.807) is 13.2 Å². The van der Waals surface area contributed by atoms with Gasteiger partial charge in [-0.2, -0.15) is 0 Å². The highest BCUT2D eigenvalue weighted by Gasteiger charge is 2.08. The van der Waals surface area contributed by atoms with Crippen molar-refractivity contribution in [2.75, 3.05) is 7.11 Å². The molecule has 0 amide bonds. The minimum Gasteiger partial charge on any atom is -0.497 e. The lowest BCUT2D eigenvalue weighted by molar-refractivity contribution is 0.414. The average molecular weight is 244 g/mol. The van der Waals surface area contributed by atoms with Crippen LogP contribution in [0.1, 0.15) is 22.3 Å². The van der Waals surface area contributed by atoms with E-state index in [1.165, 1.54) is 0 Å². The van der Waals surface area contributed by atoms with Crippen LogP contribution in [0.3, 0.4) is 0 Å². The molecule has 2 aromatic rings. The normalized spacial score (nSPS) is 10.4. The summed E-state index contributed by atoms with van der Waals surface area (Å²) in [5, 5.41) is 0. The van der Waals surface area contributed by atoms with Crippen LogP contribution in [0.4, 0.5) is 4.39 Å². The van der Waals surface area contributed by atoms with Crippen LogP contribution in [0.25, 0.3) is 0 Å². The number of ether oxygens (including phenoxy) is 1. The molecule has 0 atom stereocenters. The lowest BCUT2D eigenvalue weighted by Crippen LogP contribution is -1.98. The average Bonchev–Trinajstić information content (AvgIpc) is 2.40. The fourth-order valence-corrected chi connectivity index (χ4v) is 2.01. The van der Waals surface area contributed by atoms with Crippen molar-refractivity contribution in [1.29, 1.82) is 0 Å². The molecule has 2 aromatic carbocycles. The topological polar surface area (TPSA) is 9.23 Å². The molecule has 0 aliphatic heterocycles. The van der Waals surface area contributed by atoms with Gasteiger partial charge in [-0.25, -0.2) is 4.39 Å². The molecule has 0 bridgehead atoms. The van der Waals surface area contributed by atoms with Crippen molar-refractivity contribution >= 4 is 0 Å². The zero-order valence-electron chi connectivity index (χ0n) is 11.0. The maximum atomic E-state index is 13.8. The smallest absolute Gasteiger partial charge is 0.127 e. The maximum absolute atomic E-state index is 13.8. The highest BCUT2D eigenvalue weighted by Crippen LogP contribution is 2.21. The van der Waals surface area contributed by atoms with Gasteiger partial charge in [0.15, 0.2) is 0 Å². The third kappa shape index (κ3) is 2.53. The second-order valence-electron chi connectivity index (χ2n) is 4.49. The van der Waals surface area contributed by atoms with Crippen LogP contribution in [0.5, 0.6) is 5.75 Å². The molecule has 1 nitrogen and oxygen atoms in total. The van der Waals surface area contributed by atoms with Gasteiger partial charge in [0, 0.05) is 6.42 Å². The Morgan fingerprint density at radius 3 is 2.28 bits per heavy atom. The van der Waals surface area contributed by atoms with Gasteiger partial charge in [0.25, 0.3) is 0 Å². The van der Waals surface area contributed by atoms with Crippen molar-refractivity contribution in [3.05, 3.63) is 64.5 Å². The second-order valence-corrected chi connectivity index (χ2v) is 4.49. The summed E-state index contributed by atoms with van der Waals surface area (Å²) in [6.07, 6.45) is 0.614. The fourth-order valence-electron chi connectivity index (χ4n) is 2.01. The van der Waals surface area contributed by atoms with E-state index in [9.17, 15) is 4.39 Å². The summed E-state index contributed by atoms with van der Waals surface area (Å²) in [4.78, 5) is 0. The minimum absolute atomic E-state index is 0.131. The molecule has 0 radical (unpaired) electrons. The molecule has 0 saturated carbocycles. The fraction of sp³-hybridized carbons (Fsp3) is 0.250. The number of rotatable bonds is 3. The first-order valence-electron chi connectivity index (χ1n) is 5.99. The molecule has 0 N–H and O–H groups in total. The molecular weight excluding hydrogens is 227 g/mol.